The molecule has 0 saturated carbocycles. The molecule has 0 unspecified atom stereocenters. The summed E-state index contributed by atoms with van der Waals surface area (Å²) >= 11 is 2.79. The minimum absolute atomic E-state index is 0.179. The van der Waals surface area contributed by atoms with Crippen molar-refractivity contribution < 1.29 is 13.6 Å². The number of carbonyl (C=O) groups excluding carboxylic acids is 1. The first kappa shape index (κ1) is 21.2. The molecule has 0 aliphatic carbocycles. The van der Waals surface area contributed by atoms with Crippen molar-refractivity contribution in [2.75, 3.05) is 5.32 Å². The number of halogens is 1. The van der Waals surface area contributed by atoms with Crippen LogP contribution in [-0.4, -0.2) is 21.1 Å². The van der Waals surface area contributed by atoms with E-state index in [1.165, 1.54) is 40.8 Å². The molecule has 0 saturated heterocycles. The average molecular weight is 455 g/mol. The number of benzene rings is 2. The van der Waals surface area contributed by atoms with E-state index in [1.807, 2.05) is 31.2 Å². The summed E-state index contributed by atoms with van der Waals surface area (Å²) in [5, 5.41) is 11.3. The quantitative estimate of drug-likeness (QED) is 0.280. The number of oxazole rings is 1. The van der Waals surface area contributed by atoms with E-state index in [2.05, 4.69) is 20.5 Å². The van der Waals surface area contributed by atoms with Gasteiger partial charge < -0.3 is 9.73 Å². The van der Waals surface area contributed by atoms with E-state index in [4.69, 9.17) is 4.42 Å². The van der Waals surface area contributed by atoms with Gasteiger partial charge in [-0.2, -0.15) is 0 Å². The Morgan fingerprint density at radius 2 is 1.90 bits per heavy atom. The maximum Gasteiger partial charge on any atom is 0.226 e. The lowest BCUT2D eigenvalue weighted by atomic mass is 10.1. The first-order valence-electron chi connectivity index (χ1n) is 9.57. The Morgan fingerprint density at radius 3 is 2.68 bits per heavy atom. The second kappa shape index (κ2) is 9.84. The van der Waals surface area contributed by atoms with Gasteiger partial charge in [0.25, 0.3) is 0 Å². The third kappa shape index (κ3) is 5.99. The zero-order valence-corrected chi connectivity index (χ0v) is 18.3. The average Bonchev–Trinajstić information content (AvgIpc) is 3.42. The zero-order valence-electron chi connectivity index (χ0n) is 16.7. The number of rotatable bonds is 8. The van der Waals surface area contributed by atoms with Crippen molar-refractivity contribution in [3.63, 3.8) is 0 Å². The molecule has 2 aromatic carbocycles. The summed E-state index contributed by atoms with van der Waals surface area (Å²) < 4.78 is 19.4. The van der Waals surface area contributed by atoms with Crippen molar-refractivity contribution in [1.82, 2.24) is 15.2 Å². The fourth-order valence-corrected chi connectivity index (χ4v) is 4.45. The van der Waals surface area contributed by atoms with Crippen LogP contribution in [0.2, 0.25) is 0 Å². The Kier molecular flexibility index (Phi) is 6.73. The van der Waals surface area contributed by atoms with E-state index in [-0.39, 0.29) is 18.1 Å². The van der Waals surface area contributed by atoms with E-state index >= 15 is 0 Å². The normalized spacial score (nSPS) is 10.9. The van der Waals surface area contributed by atoms with E-state index in [1.54, 1.807) is 18.3 Å². The molecule has 2 heterocycles. The number of carbonyl (C=O) groups is 1. The Hall–Kier alpha value is -3.04. The number of nitrogens with one attached hydrogen (secondary N) is 1. The molecular formula is C22H19FN4O2S2. The van der Waals surface area contributed by atoms with Crippen LogP contribution in [0.15, 0.2) is 63.5 Å². The van der Waals surface area contributed by atoms with Gasteiger partial charge in [-0.25, -0.2) is 9.37 Å². The number of thioether (sulfide) groups is 1. The molecule has 1 amide bonds. The molecule has 158 valence electrons. The fraction of sp³-hybridized carbons (Fsp3) is 0.182. The summed E-state index contributed by atoms with van der Waals surface area (Å²) in [6.07, 6.45) is 2.29. The number of hydrogen-bond acceptors (Lipinski definition) is 7. The molecule has 6 nitrogen and oxygen atoms in total. The highest BCUT2D eigenvalue weighted by Crippen LogP contribution is 2.28. The topological polar surface area (TPSA) is 80.9 Å². The zero-order chi connectivity index (χ0) is 21.6. The minimum Gasteiger partial charge on any atom is -0.441 e. The first-order chi connectivity index (χ1) is 15.0. The molecular weight excluding hydrogens is 435 g/mol. The number of anilines is 1. The summed E-state index contributed by atoms with van der Waals surface area (Å²) in [5.74, 6) is 1.41. The molecule has 0 aliphatic rings. The molecule has 0 bridgehead atoms. The fourth-order valence-electron chi connectivity index (χ4n) is 2.72. The summed E-state index contributed by atoms with van der Waals surface area (Å²) in [4.78, 5) is 16.5. The molecule has 4 rings (SSSR count). The van der Waals surface area contributed by atoms with Gasteiger partial charge in [0.05, 0.1) is 6.20 Å². The van der Waals surface area contributed by atoms with Crippen LogP contribution in [0.5, 0.6) is 0 Å². The van der Waals surface area contributed by atoms with Crippen LogP contribution >= 0.6 is 23.1 Å². The standard InChI is InChI=1S/C22H19FN4O2S2/c1-14-2-6-16(7-3-14)18-12-24-20(29-18)11-10-19(28)25-21-26-27-22(31-21)30-13-15-4-8-17(23)9-5-15/h2-9,12H,10-11,13H2,1H3,(H,25,26,28). The molecule has 1 N–H and O–H groups in total. The lowest BCUT2D eigenvalue weighted by molar-refractivity contribution is -0.116. The van der Waals surface area contributed by atoms with Gasteiger partial charge in [0.15, 0.2) is 16.0 Å². The maximum absolute atomic E-state index is 13.0. The van der Waals surface area contributed by atoms with Gasteiger partial charge in [-0.1, -0.05) is 65.1 Å². The smallest absolute Gasteiger partial charge is 0.226 e. The van der Waals surface area contributed by atoms with Crippen molar-refractivity contribution in [1.29, 1.82) is 0 Å². The monoisotopic (exact) mass is 454 g/mol. The minimum atomic E-state index is -0.259. The summed E-state index contributed by atoms with van der Waals surface area (Å²) in [7, 11) is 0. The second-order valence-corrected chi connectivity index (χ2v) is 9.02. The van der Waals surface area contributed by atoms with Crippen molar-refractivity contribution in [3.05, 3.63) is 77.6 Å². The Labute approximate surface area is 186 Å². The van der Waals surface area contributed by atoms with E-state index in [0.717, 1.165) is 15.5 Å². The Balaban J connectivity index is 1.25. The molecule has 4 aromatic rings. The molecule has 0 aliphatic heterocycles. The largest absolute Gasteiger partial charge is 0.441 e. The highest BCUT2D eigenvalue weighted by molar-refractivity contribution is 8.00. The van der Waals surface area contributed by atoms with Crippen LogP contribution in [0.4, 0.5) is 9.52 Å². The van der Waals surface area contributed by atoms with Crippen LogP contribution in [0.1, 0.15) is 23.4 Å². The number of hydrogen-bond donors (Lipinski definition) is 1. The summed E-state index contributed by atoms with van der Waals surface area (Å²) in [6.45, 7) is 2.03. The van der Waals surface area contributed by atoms with Gasteiger partial charge in [0, 0.05) is 24.2 Å². The molecule has 9 heteroatoms. The molecule has 0 spiro atoms. The number of aryl methyl sites for hydroxylation is 2. The number of amides is 1. The summed E-state index contributed by atoms with van der Waals surface area (Å²) in [5.41, 5.74) is 3.12. The molecule has 31 heavy (non-hydrogen) atoms. The highest BCUT2D eigenvalue weighted by atomic mass is 32.2. The van der Waals surface area contributed by atoms with Crippen molar-refractivity contribution in [2.24, 2.45) is 0 Å². The van der Waals surface area contributed by atoms with Gasteiger partial charge in [-0.15, -0.1) is 10.2 Å². The van der Waals surface area contributed by atoms with E-state index < -0.39 is 0 Å². The Bertz CT molecular complexity index is 1160. The van der Waals surface area contributed by atoms with Crippen LogP contribution in [0.25, 0.3) is 11.3 Å². The predicted octanol–water partition coefficient (Wildman–Crippen LogP) is 5.50. The van der Waals surface area contributed by atoms with Crippen LogP contribution in [-0.2, 0) is 17.0 Å². The Morgan fingerprint density at radius 1 is 1.13 bits per heavy atom. The third-order valence-electron chi connectivity index (χ3n) is 4.38. The lowest BCUT2D eigenvalue weighted by Crippen LogP contribution is -2.12. The highest BCUT2D eigenvalue weighted by Gasteiger charge is 2.12. The molecule has 0 atom stereocenters. The van der Waals surface area contributed by atoms with Crippen molar-refractivity contribution >= 4 is 34.1 Å². The van der Waals surface area contributed by atoms with E-state index in [0.29, 0.717) is 29.0 Å². The number of nitrogens with zero attached hydrogens (tertiary/aromatic N) is 3. The lowest BCUT2D eigenvalue weighted by Gasteiger charge is -2.00. The molecule has 0 fully saturated rings. The van der Waals surface area contributed by atoms with Crippen LogP contribution < -0.4 is 5.32 Å². The molecule has 2 aromatic heterocycles. The van der Waals surface area contributed by atoms with Gasteiger partial charge in [-0.3, -0.25) is 4.79 Å². The van der Waals surface area contributed by atoms with Gasteiger partial charge in [-0.05, 0) is 24.6 Å². The second-order valence-electron chi connectivity index (χ2n) is 6.82. The van der Waals surface area contributed by atoms with Gasteiger partial charge in [0.1, 0.15) is 5.82 Å². The van der Waals surface area contributed by atoms with Gasteiger partial charge >= 0.3 is 0 Å². The van der Waals surface area contributed by atoms with Crippen LogP contribution in [0.3, 0.4) is 0 Å². The maximum atomic E-state index is 13.0. The third-order valence-corrected chi connectivity index (χ3v) is 6.43. The summed E-state index contributed by atoms with van der Waals surface area (Å²) in [6, 6.07) is 14.3. The first-order valence-corrected chi connectivity index (χ1v) is 11.4. The van der Waals surface area contributed by atoms with Crippen LogP contribution in [0, 0.1) is 12.7 Å². The SMILES string of the molecule is Cc1ccc(-c2cnc(CCC(=O)Nc3nnc(SCc4ccc(F)cc4)s3)o2)cc1. The van der Waals surface area contributed by atoms with Gasteiger partial charge in [0.2, 0.25) is 11.0 Å². The van der Waals surface area contributed by atoms with E-state index in [9.17, 15) is 9.18 Å². The number of aromatic nitrogens is 3. The predicted molar refractivity (Wildman–Crippen MR) is 119 cm³/mol. The van der Waals surface area contributed by atoms with Crippen molar-refractivity contribution in [2.45, 2.75) is 29.9 Å². The molecule has 0 radical (unpaired) electrons. The van der Waals surface area contributed by atoms with Crippen molar-refractivity contribution in [3.8, 4) is 11.3 Å².